The van der Waals surface area contributed by atoms with Crippen molar-refractivity contribution in [2.75, 3.05) is 17.7 Å². The lowest BCUT2D eigenvalue weighted by molar-refractivity contribution is -0.111. The number of nitrogens with one attached hydrogen (secondary N) is 3. The highest BCUT2D eigenvalue weighted by molar-refractivity contribution is 7.13. The molecule has 4 heterocycles. The Kier molecular flexibility index (Phi) is 4.39. The maximum atomic E-state index is 11.4. The Morgan fingerprint density at radius 1 is 1.26 bits per heavy atom. The van der Waals surface area contributed by atoms with E-state index in [1.54, 1.807) is 17.8 Å². The molecule has 7 nitrogen and oxygen atoms in total. The van der Waals surface area contributed by atoms with Crippen LogP contribution in [0.2, 0.25) is 0 Å². The number of carbonyl (C=O) groups excluding carboxylic acids is 1. The van der Waals surface area contributed by atoms with Gasteiger partial charge in [0.05, 0.1) is 0 Å². The van der Waals surface area contributed by atoms with Gasteiger partial charge in [0.2, 0.25) is 5.91 Å². The van der Waals surface area contributed by atoms with Crippen molar-refractivity contribution in [3.63, 3.8) is 0 Å². The summed E-state index contributed by atoms with van der Waals surface area (Å²) < 4.78 is 0. The van der Waals surface area contributed by atoms with Crippen LogP contribution in [-0.4, -0.2) is 32.9 Å². The summed E-state index contributed by atoms with van der Waals surface area (Å²) in [4.78, 5) is 27.9. The van der Waals surface area contributed by atoms with Gasteiger partial charge in [-0.3, -0.25) is 4.79 Å². The molecule has 0 unspecified atom stereocenters. The number of hydrogen-bond acceptors (Lipinski definition) is 6. The molecule has 4 aromatic rings. The monoisotopic (exact) mass is 376 g/mol. The van der Waals surface area contributed by atoms with Crippen molar-refractivity contribution in [3.05, 3.63) is 54.8 Å². The van der Waals surface area contributed by atoms with Crippen molar-refractivity contribution in [1.82, 2.24) is 19.9 Å². The second kappa shape index (κ2) is 7.00. The molecule has 8 heteroatoms. The molecule has 0 aliphatic heterocycles. The molecule has 0 radical (unpaired) electrons. The van der Waals surface area contributed by atoms with Crippen LogP contribution in [-0.2, 0) is 4.79 Å². The summed E-state index contributed by atoms with van der Waals surface area (Å²) in [5.41, 5.74) is 3.76. The van der Waals surface area contributed by atoms with Crippen molar-refractivity contribution in [2.24, 2.45) is 0 Å². The molecule has 134 valence electrons. The van der Waals surface area contributed by atoms with Crippen LogP contribution in [0.15, 0.2) is 54.8 Å². The Hall–Kier alpha value is -3.52. The minimum Gasteiger partial charge on any atom is -0.373 e. The number of hydrogen-bond donors (Lipinski definition) is 3. The number of pyridine rings is 2. The van der Waals surface area contributed by atoms with E-state index in [2.05, 4.69) is 37.1 Å². The zero-order valence-corrected chi connectivity index (χ0v) is 15.3. The molecule has 0 aliphatic rings. The lowest BCUT2D eigenvalue weighted by Crippen LogP contribution is -2.07. The normalized spacial score (nSPS) is 10.7. The van der Waals surface area contributed by atoms with E-state index in [9.17, 15) is 4.79 Å². The number of aromatic amines is 1. The molecule has 3 N–H and O–H groups in total. The topological polar surface area (TPSA) is 95.6 Å². The van der Waals surface area contributed by atoms with Gasteiger partial charge >= 0.3 is 0 Å². The number of nitrogens with zero attached hydrogens (tertiary/aromatic N) is 3. The average molecular weight is 376 g/mol. The first-order valence-corrected chi connectivity index (χ1v) is 9.06. The van der Waals surface area contributed by atoms with E-state index in [-0.39, 0.29) is 5.91 Å². The Labute approximate surface area is 159 Å². The third kappa shape index (κ3) is 3.30. The van der Waals surface area contributed by atoms with E-state index in [0.29, 0.717) is 5.82 Å². The number of thiazole rings is 1. The summed E-state index contributed by atoms with van der Waals surface area (Å²) in [6.45, 7) is 3.44. The molecule has 0 saturated carbocycles. The van der Waals surface area contributed by atoms with E-state index in [1.165, 1.54) is 17.4 Å². The number of amides is 1. The minimum atomic E-state index is -0.286. The number of aromatic nitrogens is 4. The lowest BCUT2D eigenvalue weighted by Gasteiger charge is -2.04. The molecule has 4 rings (SSSR count). The first-order chi connectivity index (χ1) is 13.2. The number of anilines is 2. The van der Waals surface area contributed by atoms with E-state index in [1.807, 2.05) is 31.4 Å². The summed E-state index contributed by atoms with van der Waals surface area (Å²) in [5, 5.41) is 9.28. The zero-order chi connectivity index (χ0) is 18.8. The van der Waals surface area contributed by atoms with Crippen molar-refractivity contribution < 1.29 is 4.79 Å². The quantitative estimate of drug-likeness (QED) is 0.459. The largest absolute Gasteiger partial charge is 0.373 e. The Morgan fingerprint density at radius 2 is 2.15 bits per heavy atom. The van der Waals surface area contributed by atoms with E-state index in [0.717, 1.165) is 38.5 Å². The second-order valence-electron chi connectivity index (χ2n) is 5.73. The Bertz CT molecular complexity index is 1150. The van der Waals surface area contributed by atoms with E-state index in [4.69, 9.17) is 0 Å². The number of rotatable bonds is 5. The average Bonchev–Trinajstić information content (AvgIpc) is 3.34. The SMILES string of the molecule is C=CC(=O)Nc1csc(-c2cnc3[nH]cc(-c4ccnc(NC)c4)c3c2)n1. The maximum absolute atomic E-state index is 11.4. The summed E-state index contributed by atoms with van der Waals surface area (Å²) in [6.07, 6.45) is 6.69. The van der Waals surface area contributed by atoms with Gasteiger partial charge in [0, 0.05) is 47.5 Å². The number of fused-ring (bicyclic) bond motifs is 1. The summed E-state index contributed by atoms with van der Waals surface area (Å²) in [5.74, 6) is 1.02. The fourth-order valence-corrected chi connectivity index (χ4v) is 3.47. The van der Waals surface area contributed by atoms with Crippen LogP contribution in [0.25, 0.3) is 32.7 Å². The fourth-order valence-electron chi connectivity index (χ4n) is 2.73. The summed E-state index contributed by atoms with van der Waals surface area (Å²) in [7, 11) is 1.84. The van der Waals surface area contributed by atoms with Gasteiger partial charge in [-0.05, 0) is 29.8 Å². The predicted molar refractivity (Wildman–Crippen MR) is 109 cm³/mol. The Morgan fingerprint density at radius 3 is 2.96 bits per heavy atom. The van der Waals surface area contributed by atoms with Gasteiger partial charge in [0.15, 0.2) is 0 Å². The first kappa shape index (κ1) is 16.9. The van der Waals surface area contributed by atoms with Crippen LogP contribution >= 0.6 is 11.3 Å². The predicted octanol–water partition coefficient (Wildman–Crippen LogP) is 3.91. The van der Waals surface area contributed by atoms with Gasteiger partial charge in [-0.25, -0.2) is 15.0 Å². The van der Waals surface area contributed by atoms with Crippen LogP contribution < -0.4 is 10.6 Å². The van der Waals surface area contributed by atoms with Gasteiger partial charge in [0.1, 0.15) is 22.3 Å². The fraction of sp³-hybridized carbons (Fsp3) is 0.0526. The third-order valence-electron chi connectivity index (χ3n) is 4.05. The highest BCUT2D eigenvalue weighted by Crippen LogP contribution is 2.33. The van der Waals surface area contributed by atoms with Gasteiger partial charge in [0.25, 0.3) is 0 Å². The summed E-state index contributed by atoms with van der Waals surface area (Å²) >= 11 is 1.44. The van der Waals surface area contributed by atoms with Crippen LogP contribution in [0.1, 0.15) is 0 Å². The first-order valence-electron chi connectivity index (χ1n) is 8.18. The highest BCUT2D eigenvalue weighted by Gasteiger charge is 2.12. The molecule has 0 atom stereocenters. The van der Waals surface area contributed by atoms with Gasteiger partial charge in [-0.1, -0.05) is 6.58 Å². The molecular formula is C19H16N6OS. The molecule has 0 saturated heterocycles. The molecule has 0 fully saturated rings. The van der Waals surface area contributed by atoms with Crippen LogP contribution in [0.3, 0.4) is 0 Å². The van der Waals surface area contributed by atoms with Gasteiger partial charge in [-0.2, -0.15) is 0 Å². The highest BCUT2D eigenvalue weighted by atomic mass is 32.1. The maximum Gasteiger partial charge on any atom is 0.248 e. The molecule has 27 heavy (non-hydrogen) atoms. The van der Waals surface area contributed by atoms with Crippen molar-refractivity contribution in [1.29, 1.82) is 0 Å². The van der Waals surface area contributed by atoms with Gasteiger partial charge < -0.3 is 15.6 Å². The van der Waals surface area contributed by atoms with Crippen LogP contribution in [0, 0.1) is 0 Å². The van der Waals surface area contributed by atoms with Crippen molar-refractivity contribution in [2.45, 2.75) is 0 Å². The summed E-state index contributed by atoms with van der Waals surface area (Å²) in [6, 6.07) is 6.00. The van der Waals surface area contributed by atoms with Crippen LogP contribution in [0.5, 0.6) is 0 Å². The second-order valence-corrected chi connectivity index (χ2v) is 6.59. The molecule has 0 bridgehead atoms. The molecule has 0 aliphatic carbocycles. The van der Waals surface area contributed by atoms with E-state index >= 15 is 0 Å². The van der Waals surface area contributed by atoms with Crippen molar-refractivity contribution in [3.8, 4) is 21.7 Å². The molecule has 0 aromatic carbocycles. The number of H-pyrrole nitrogens is 1. The van der Waals surface area contributed by atoms with E-state index < -0.39 is 0 Å². The van der Waals surface area contributed by atoms with Crippen molar-refractivity contribution >= 4 is 39.9 Å². The van der Waals surface area contributed by atoms with Gasteiger partial charge in [-0.15, -0.1) is 11.3 Å². The number of carbonyl (C=O) groups is 1. The molecule has 1 amide bonds. The minimum absolute atomic E-state index is 0.286. The Balaban J connectivity index is 1.74. The molecule has 0 spiro atoms. The third-order valence-corrected chi connectivity index (χ3v) is 4.94. The molecular weight excluding hydrogens is 360 g/mol. The molecule has 4 aromatic heterocycles. The lowest BCUT2D eigenvalue weighted by atomic mass is 10.1. The van der Waals surface area contributed by atoms with Crippen LogP contribution in [0.4, 0.5) is 11.6 Å². The standard InChI is InChI=1S/C19H16N6OS/c1-3-17(26)24-16-10-27-19(25-16)12-6-13-14(9-23-18(13)22-8-12)11-4-5-21-15(7-11)20-2/h3-10H,1H2,2H3,(H,20,21)(H,22,23)(H,24,26). The smallest absolute Gasteiger partial charge is 0.248 e. The zero-order valence-electron chi connectivity index (χ0n) is 14.5.